The van der Waals surface area contributed by atoms with Crippen molar-refractivity contribution in [3.63, 3.8) is 0 Å². The molecule has 18 heavy (non-hydrogen) atoms. The Balaban J connectivity index is 0.00000289. The highest BCUT2D eigenvalue weighted by Gasteiger charge is 2.23. The number of unbranched alkanes of at least 4 members (excludes halogenated alkanes) is 1. The van der Waals surface area contributed by atoms with E-state index in [1.807, 2.05) is 6.92 Å². The summed E-state index contributed by atoms with van der Waals surface area (Å²) in [7, 11) is 0. The van der Waals surface area contributed by atoms with E-state index in [9.17, 15) is 9.50 Å². The molecule has 1 aromatic rings. The summed E-state index contributed by atoms with van der Waals surface area (Å²) in [4.78, 5) is 0. The molecule has 0 bridgehead atoms. The fraction of sp³-hybridized carbons (Fsp3) is 0.500. The van der Waals surface area contributed by atoms with E-state index in [0.717, 1.165) is 12.8 Å². The smallest absolute Gasteiger partial charge is 0.148 e. The Kier molecular flexibility index (Phi) is 8.15. The maximum absolute atomic E-state index is 13.8. The van der Waals surface area contributed by atoms with E-state index in [2.05, 4.69) is 0 Å². The number of hydrogen-bond acceptors (Lipinski definition) is 2. The van der Waals surface area contributed by atoms with Crippen molar-refractivity contribution in [3.8, 4) is 0 Å². The Hall–Kier alpha value is -0.0600. The molecule has 0 saturated carbocycles. The predicted octanol–water partition coefficient (Wildman–Crippen LogP) is 4.11. The number of nitrogens with two attached hydrogens (primary N) is 1. The van der Waals surface area contributed by atoms with Crippen LogP contribution in [0.4, 0.5) is 4.39 Å². The fourth-order valence-corrected chi connectivity index (χ4v) is 2.07. The Morgan fingerprint density at radius 3 is 2.44 bits per heavy atom. The van der Waals surface area contributed by atoms with Gasteiger partial charge in [-0.05, 0) is 18.6 Å². The molecule has 0 amide bonds. The van der Waals surface area contributed by atoms with Gasteiger partial charge < -0.3 is 10.8 Å². The van der Waals surface area contributed by atoms with E-state index in [1.165, 1.54) is 12.1 Å². The van der Waals surface area contributed by atoms with Gasteiger partial charge in [0.05, 0.1) is 17.2 Å². The molecule has 0 radical (unpaired) electrons. The topological polar surface area (TPSA) is 46.2 Å². The van der Waals surface area contributed by atoms with Crippen LogP contribution < -0.4 is 5.73 Å². The molecule has 1 aromatic carbocycles. The van der Waals surface area contributed by atoms with Gasteiger partial charge in [0.25, 0.3) is 0 Å². The van der Waals surface area contributed by atoms with Crippen molar-refractivity contribution >= 4 is 35.6 Å². The first-order valence-electron chi connectivity index (χ1n) is 5.56. The van der Waals surface area contributed by atoms with Crippen LogP contribution in [-0.4, -0.2) is 11.2 Å². The molecule has 0 unspecified atom stereocenters. The lowest BCUT2D eigenvalue weighted by Crippen LogP contribution is -2.27. The van der Waals surface area contributed by atoms with E-state index < -0.39 is 18.0 Å². The summed E-state index contributed by atoms with van der Waals surface area (Å²) < 4.78 is 13.8. The highest BCUT2D eigenvalue weighted by atomic mass is 35.5. The molecule has 104 valence electrons. The summed E-state index contributed by atoms with van der Waals surface area (Å²) in [5, 5.41) is 10.00. The quantitative estimate of drug-likeness (QED) is 0.803. The molecule has 2 atom stereocenters. The zero-order valence-electron chi connectivity index (χ0n) is 10.00. The molecule has 0 fully saturated rings. The van der Waals surface area contributed by atoms with Crippen LogP contribution in [0.15, 0.2) is 12.1 Å². The average molecular weight is 317 g/mol. The molecular formula is C12H17Cl3FNO. The molecule has 0 aliphatic heterocycles. The summed E-state index contributed by atoms with van der Waals surface area (Å²) in [6.45, 7) is 2.01. The molecule has 0 aliphatic carbocycles. The Bertz CT molecular complexity index is 390. The lowest BCUT2D eigenvalue weighted by Gasteiger charge is -2.21. The second kappa shape index (κ2) is 8.18. The normalized spacial score (nSPS) is 13.9. The van der Waals surface area contributed by atoms with Crippen molar-refractivity contribution in [2.45, 2.75) is 38.3 Å². The standard InChI is InChI=1S/C12H16Cl2FNO.ClH/c1-2-3-4-9(17)12(16)10-7(13)5-6-8(14)11(10)15;/h5-6,9,12,17H,2-4,16H2,1H3;1H/t9-,12-;/m0./s1. The van der Waals surface area contributed by atoms with Gasteiger partial charge in [0.1, 0.15) is 5.82 Å². The summed E-state index contributed by atoms with van der Waals surface area (Å²) in [5.74, 6) is -0.651. The van der Waals surface area contributed by atoms with Gasteiger partial charge in [-0.3, -0.25) is 0 Å². The maximum Gasteiger partial charge on any atom is 0.148 e. The first-order valence-corrected chi connectivity index (χ1v) is 6.31. The van der Waals surface area contributed by atoms with Crippen LogP contribution in [0.1, 0.15) is 37.8 Å². The maximum atomic E-state index is 13.8. The van der Waals surface area contributed by atoms with E-state index >= 15 is 0 Å². The molecule has 1 rings (SSSR count). The van der Waals surface area contributed by atoms with Crippen molar-refractivity contribution in [3.05, 3.63) is 33.6 Å². The highest BCUT2D eigenvalue weighted by Crippen LogP contribution is 2.31. The average Bonchev–Trinajstić information content (AvgIpc) is 2.31. The highest BCUT2D eigenvalue weighted by molar-refractivity contribution is 6.33. The summed E-state index contributed by atoms with van der Waals surface area (Å²) in [5.41, 5.74) is 5.90. The number of aliphatic hydroxyl groups excluding tert-OH is 1. The van der Waals surface area contributed by atoms with Crippen molar-refractivity contribution in [2.24, 2.45) is 5.73 Å². The second-order valence-corrected chi connectivity index (χ2v) is 4.81. The zero-order valence-corrected chi connectivity index (χ0v) is 12.3. The number of aliphatic hydroxyl groups is 1. The molecule has 0 heterocycles. The minimum Gasteiger partial charge on any atom is -0.391 e. The van der Waals surface area contributed by atoms with Gasteiger partial charge in [0, 0.05) is 10.6 Å². The number of benzene rings is 1. The Labute approximate surface area is 123 Å². The molecule has 2 nitrogen and oxygen atoms in total. The van der Waals surface area contributed by atoms with Crippen LogP contribution in [0.5, 0.6) is 0 Å². The summed E-state index contributed by atoms with van der Waals surface area (Å²) >= 11 is 11.6. The molecule has 0 aliphatic rings. The Morgan fingerprint density at radius 1 is 1.33 bits per heavy atom. The number of rotatable bonds is 5. The van der Waals surface area contributed by atoms with E-state index in [4.69, 9.17) is 28.9 Å². The summed E-state index contributed by atoms with van der Waals surface area (Å²) in [6.07, 6.45) is 1.46. The van der Waals surface area contributed by atoms with Crippen molar-refractivity contribution in [1.29, 1.82) is 0 Å². The second-order valence-electron chi connectivity index (χ2n) is 3.99. The SMILES string of the molecule is CCCC[C@H](O)[C@H](N)c1c(Cl)ccc(Cl)c1F.Cl. The predicted molar refractivity (Wildman–Crippen MR) is 76.1 cm³/mol. The van der Waals surface area contributed by atoms with Crippen LogP contribution >= 0.6 is 35.6 Å². The molecular weight excluding hydrogens is 299 g/mol. The van der Waals surface area contributed by atoms with Crippen LogP contribution in [0.25, 0.3) is 0 Å². The first-order chi connectivity index (χ1) is 7.99. The molecule has 0 spiro atoms. The lowest BCUT2D eigenvalue weighted by molar-refractivity contribution is 0.131. The van der Waals surface area contributed by atoms with Gasteiger partial charge >= 0.3 is 0 Å². The minimum atomic E-state index is -0.854. The first kappa shape index (κ1) is 17.9. The van der Waals surface area contributed by atoms with Gasteiger partial charge in [0.15, 0.2) is 0 Å². The largest absolute Gasteiger partial charge is 0.391 e. The third-order valence-corrected chi connectivity index (χ3v) is 3.30. The van der Waals surface area contributed by atoms with Gasteiger partial charge in [-0.1, -0.05) is 43.0 Å². The monoisotopic (exact) mass is 315 g/mol. The van der Waals surface area contributed by atoms with Crippen molar-refractivity contribution in [2.75, 3.05) is 0 Å². The fourth-order valence-electron chi connectivity index (χ4n) is 1.63. The van der Waals surface area contributed by atoms with Crippen LogP contribution in [0.3, 0.4) is 0 Å². The van der Waals surface area contributed by atoms with Crippen molar-refractivity contribution in [1.82, 2.24) is 0 Å². The third-order valence-electron chi connectivity index (χ3n) is 2.68. The van der Waals surface area contributed by atoms with Crippen LogP contribution in [-0.2, 0) is 0 Å². The van der Waals surface area contributed by atoms with Gasteiger partial charge in [-0.15, -0.1) is 12.4 Å². The molecule has 0 saturated heterocycles. The lowest BCUT2D eigenvalue weighted by atomic mass is 9.98. The number of halogens is 4. The van der Waals surface area contributed by atoms with Gasteiger partial charge in [0.2, 0.25) is 0 Å². The Morgan fingerprint density at radius 2 is 1.89 bits per heavy atom. The minimum absolute atomic E-state index is 0. The third kappa shape index (κ3) is 4.25. The van der Waals surface area contributed by atoms with Crippen LogP contribution in [0, 0.1) is 5.82 Å². The molecule has 6 heteroatoms. The zero-order chi connectivity index (χ0) is 13.0. The van der Waals surface area contributed by atoms with Crippen LogP contribution in [0.2, 0.25) is 10.0 Å². The van der Waals surface area contributed by atoms with E-state index in [0.29, 0.717) is 6.42 Å². The van der Waals surface area contributed by atoms with Gasteiger partial charge in [-0.2, -0.15) is 0 Å². The molecule has 0 aromatic heterocycles. The summed E-state index contributed by atoms with van der Waals surface area (Å²) in [6, 6.07) is 2.00. The van der Waals surface area contributed by atoms with E-state index in [-0.39, 0.29) is 28.0 Å². The van der Waals surface area contributed by atoms with E-state index in [1.54, 1.807) is 0 Å². The van der Waals surface area contributed by atoms with Crippen molar-refractivity contribution < 1.29 is 9.50 Å². The van der Waals surface area contributed by atoms with Gasteiger partial charge in [-0.25, -0.2) is 4.39 Å². The number of hydrogen-bond donors (Lipinski definition) is 2. The molecule has 3 N–H and O–H groups in total.